The van der Waals surface area contributed by atoms with Crippen LogP contribution in [0.5, 0.6) is 0 Å². The molecule has 3 rings (SSSR count). The topological polar surface area (TPSA) is 75.7 Å². The molecule has 0 saturated carbocycles. The van der Waals surface area contributed by atoms with Gasteiger partial charge in [0, 0.05) is 23.7 Å². The first-order valence-corrected chi connectivity index (χ1v) is 12.0. The number of thioether (sulfide) groups is 1. The summed E-state index contributed by atoms with van der Waals surface area (Å²) in [6.45, 7) is 0.516. The quantitative estimate of drug-likeness (QED) is 0.210. The second-order valence-electron chi connectivity index (χ2n) is 7.31. The third-order valence-electron chi connectivity index (χ3n) is 4.92. The van der Waals surface area contributed by atoms with E-state index in [2.05, 4.69) is 5.32 Å². The van der Waals surface area contributed by atoms with Crippen LogP contribution in [0.25, 0.3) is 6.08 Å². The Kier molecular flexibility index (Phi) is 9.05. The molecule has 0 spiro atoms. The second kappa shape index (κ2) is 12.0. The Morgan fingerprint density at radius 2 is 1.79 bits per heavy atom. The predicted molar refractivity (Wildman–Crippen MR) is 136 cm³/mol. The minimum absolute atomic E-state index is 0.0518. The van der Waals surface area contributed by atoms with Crippen LogP contribution in [-0.4, -0.2) is 40.7 Å². The summed E-state index contributed by atoms with van der Waals surface area (Å²) in [5, 5.41) is 3.46. The lowest BCUT2D eigenvalue weighted by Gasteiger charge is -2.14. The van der Waals surface area contributed by atoms with Crippen LogP contribution >= 0.6 is 35.6 Å². The van der Waals surface area contributed by atoms with Crippen LogP contribution in [0.3, 0.4) is 0 Å². The maximum absolute atomic E-state index is 12.7. The van der Waals surface area contributed by atoms with E-state index in [0.29, 0.717) is 38.5 Å². The van der Waals surface area contributed by atoms with Crippen LogP contribution in [0.1, 0.15) is 41.6 Å². The van der Waals surface area contributed by atoms with Gasteiger partial charge in [-0.3, -0.25) is 14.5 Å². The average molecular weight is 503 g/mol. The largest absolute Gasteiger partial charge is 0.465 e. The fourth-order valence-electron chi connectivity index (χ4n) is 3.17. The molecule has 1 fully saturated rings. The summed E-state index contributed by atoms with van der Waals surface area (Å²) in [5.74, 6) is -0.582. The molecule has 0 aromatic heterocycles. The molecule has 0 bridgehead atoms. The number of anilines is 1. The number of esters is 1. The van der Waals surface area contributed by atoms with Gasteiger partial charge >= 0.3 is 5.97 Å². The van der Waals surface area contributed by atoms with Gasteiger partial charge in [0.05, 0.1) is 17.6 Å². The number of halogens is 1. The van der Waals surface area contributed by atoms with Gasteiger partial charge < -0.3 is 10.1 Å². The molecule has 172 valence electrons. The molecule has 0 aliphatic carbocycles. The number of benzene rings is 2. The van der Waals surface area contributed by atoms with Crippen molar-refractivity contribution in [1.82, 2.24) is 4.90 Å². The van der Waals surface area contributed by atoms with Gasteiger partial charge in [0.25, 0.3) is 5.91 Å². The Morgan fingerprint density at radius 1 is 1.09 bits per heavy atom. The third-order valence-corrected chi connectivity index (χ3v) is 6.55. The van der Waals surface area contributed by atoms with Crippen molar-refractivity contribution in [2.75, 3.05) is 19.0 Å². The summed E-state index contributed by atoms with van der Waals surface area (Å²) in [6.07, 6.45) is 4.45. The van der Waals surface area contributed by atoms with Crippen molar-refractivity contribution in [2.45, 2.75) is 25.7 Å². The van der Waals surface area contributed by atoms with Gasteiger partial charge in [0.15, 0.2) is 0 Å². The summed E-state index contributed by atoms with van der Waals surface area (Å²) >= 11 is 12.5. The molecule has 1 saturated heterocycles. The van der Waals surface area contributed by atoms with Gasteiger partial charge in [-0.25, -0.2) is 4.79 Å². The van der Waals surface area contributed by atoms with Gasteiger partial charge in [0.2, 0.25) is 5.91 Å². The maximum Gasteiger partial charge on any atom is 0.337 e. The van der Waals surface area contributed by atoms with Gasteiger partial charge in [-0.05, 0) is 60.9 Å². The average Bonchev–Trinajstić information content (AvgIpc) is 3.07. The molecule has 9 heteroatoms. The molecular weight excluding hydrogens is 480 g/mol. The zero-order chi connectivity index (χ0) is 23.8. The maximum atomic E-state index is 12.7. The highest BCUT2D eigenvalue weighted by atomic mass is 35.5. The molecule has 0 atom stereocenters. The van der Waals surface area contributed by atoms with Crippen LogP contribution in [-0.2, 0) is 14.3 Å². The Bertz CT molecular complexity index is 1070. The van der Waals surface area contributed by atoms with E-state index >= 15 is 0 Å². The normalized spacial score (nSPS) is 14.6. The highest BCUT2D eigenvalue weighted by Crippen LogP contribution is 2.32. The molecule has 1 aliphatic rings. The number of amides is 2. The summed E-state index contributed by atoms with van der Waals surface area (Å²) in [4.78, 5) is 38.5. The number of hydrogen-bond donors (Lipinski definition) is 1. The van der Waals surface area contributed by atoms with Gasteiger partial charge in [-0.1, -0.05) is 54.1 Å². The first-order valence-electron chi connectivity index (χ1n) is 10.4. The predicted octanol–water partition coefficient (Wildman–Crippen LogP) is 5.53. The molecule has 0 unspecified atom stereocenters. The van der Waals surface area contributed by atoms with E-state index < -0.39 is 5.97 Å². The zero-order valence-electron chi connectivity index (χ0n) is 18.0. The smallest absolute Gasteiger partial charge is 0.337 e. The first kappa shape index (κ1) is 25.0. The van der Waals surface area contributed by atoms with E-state index in [1.54, 1.807) is 59.5 Å². The van der Waals surface area contributed by atoms with E-state index in [-0.39, 0.29) is 11.8 Å². The highest BCUT2D eigenvalue weighted by molar-refractivity contribution is 8.26. The van der Waals surface area contributed by atoms with E-state index in [1.807, 2.05) is 0 Å². The standard InChI is InChI=1S/C24H23ClN2O4S2/c1-31-23(30)17-8-6-16(7-9-17)15-20-22(29)27(24(32)33-20)14-4-2-3-5-21(28)26-19-12-10-18(25)11-13-19/h6-13,15H,2-5,14H2,1H3,(H,26,28)/b20-15-. The molecule has 2 amide bonds. The van der Waals surface area contributed by atoms with E-state index in [0.717, 1.165) is 24.8 Å². The van der Waals surface area contributed by atoms with Gasteiger partial charge in [-0.15, -0.1) is 0 Å². The minimum Gasteiger partial charge on any atom is -0.465 e. The van der Waals surface area contributed by atoms with Crippen molar-refractivity contribution in [3.05, 3.63) is 69.6 Å². The van der Waals surface area contributed by atoms with Crippen LogP contribution < -0.4 is 5.32 Å². The molecule has 6 nitrogen and oxygen atoms in total. The molecule has 33 heavy (non-hydrogen) atoms. The summed E-state index contributed by atoms with van der Waals surface area (Å²) < 4.78 is 5.22. The van der Waals surface area contributed by atoms with Crippen molar-refractivity contribution in [2.24, 2.45) is 0 Å². The molecule has 1 N–H and O–H groups in total. The van der Waals surface area contributed by atoms with Gasteiger partial charge in [-0.2, -0.15) is 0 Å². The van der Waals surface area contributed by atoms with Crippen LogP contribution in [0.4, 0.5) is 5.69 Å². The Hall–Kier alpha value is -2.68. The number of unbranched alkanes of at least 4 members (excludes halogenated alkanes) is 2. The van der Waals surface area contributed by atoms with Crippen LogP contribution in [0, 0.1) is 0 Å². The van der Waals surface area contributed by atoms with Gasteiger partial charge in [0.1, 0.15) is 4.32 Å². The van der Waals surface area contributed by atoms with E-state index in [4.69, 9.17) is 28.6 Å². The van der Waals surface area contributed by atoms with Crippen molar-refractivity contribution in [3.63, 3.8) is 0 Å². The highest BCUT2D eigenvalue weighted by Gasteiger charge is 2.31. The molecule has 0 radical (unpaired) electrons. The SMILES string of the molecule is COC(=O)c1ccc(/C=C2\SC(=S)N(CCCCCC(=O)Nc3ccc(Cl)cc3)C2=O)cc1. The van der Waals surface area contributed by atoms with Crippen LogP contribution in [0.2, 0.25) is 5.02 Å². The lowest BCUT2D eigenvalue weighted by Crippen LogP contribution is -2.29. The number of carbonyl (C=O) groups excluding carboxylic acids is 3. The number of rotatable bonds is 9. The lowest BCUT2D eigenvalue weighted by atomic mass is 10.1. The minimum atomic E-state index is -0.407. The summed E-state index contributed by atoms with van der Waals surface area (Å²) in [5.41, 5.74) is 1.97. The first-order chi connectivity index (χ1) is 15.9. The number of carbonyl (C=O) groups is 3. The Balaban J connectivity index is 1.43. The van der Waals surface area contributed by atoms with E-state index in [1.165, 1.54) is 18.9 Å². The van der Waals surface area contributed by atoms with Crippen LogP contribution in [0.15, 0.2) is 53.4 Å². The number of hydrogen-bond acceptors (Lipinski definition) is 6. The lowest BCUT2D eigenvalue weighted by molar-refractivity contribution is -0.122. The third kappa shape index (κ3) is 7.15. The van der Waals surface area contributed by atoms with Crippen molar-refractivity contribution in [3.8, 4) is 0 Å². The summed E-state index contributed by atoms with van der Waals surface area (Å²) in [7, 11) is 1.33. The summed E-state index contributed by atoms with van der Waals surface area (Å²) in [6, 6.07) is 13.8. The molecule has 2 aromatic carbocycles. The number of methoxy groups -OCH3 is 1. The van der Waals surface area contributed by atoms with Crippen molar-refractivity contribution < 1.29 is 19.1 Å². The fraction of sp³-hybridized carbons (Fsp3) is 0.250. The van der Waals surface area contributed by atoms with Crippen molar-refractivity contribution >= 4 is 69.4 Å². The molecular formula is C24H23ClN2O4S2. The number of ether oxygens (including phenoxy) is 1. The molecule has 2 aromatic rings. The van der Waals surface area contributed by atoms with E-state index in [9.17, 15) is 14.4 Å². The number of nitrogens with zero attached hydrogens (tertiary/aromatic N) is 1. The molecule has 1 heterocycles. The monoisotopic (exact) mass is 502 g/mol. The number of nitrogens with one attached hydrogen (secondary N) is 1. The molecule has 1 aliphatic heterocycles. The fourth-order valence-corrected chi connectivity index (χ4v) is 4.60. The Labute approximate surface area is 207 Å². The number of thiocarbonyl (C=S) groups is 1. The Morgan fingerprint density at radius 3 is 2.45 bits per heavy atom. The second-order valence-corrected chi connectivity index (χ2v) is 9.42. The zero-order valence-corrected chi connectivity index (χ0v) is 20.4. The van der Waals surface area contributed by atoms with Crippen molar-refractivity contribution in [1.29, 1.82) is 0 Å².